The summed E-state index contributed by atoms with van der Waals surface area (Å²) < 4.78 is 0. The van der Waals surface area contributed by atoms with E-state index in [1.165, 1.54) is 11.1 Å². The van der Waals surface area contributed by atoms with Crippen LogP contribution < -0.4 is 0 Å². The largest absolute Gasteiger partial charge is 0.481 e. The molecule has 0 heterocycles. The summed E-state index contributed by atoms with van der Waals surface area (Å²) >= 11 is 0. The molecule has 0 aliphatic heterocycles. The molecular weight excluding hydrogens is 200 g/mol. The topological polar surface area (TPSA) is 37.3 Å². The van der Waals surface area contributed by atoms with Gasteiger partial charge in [-0.1, -0.05) is 38.1 Å². The Balaban J connectivity index is 2.13. The standard InChI is InChI=1S/C14H18O2/c1-14(2,9-13(15)16)12-7-10-5-3-4-6-11(10)8-12/h3-6,12H,7-9H2,1-2H3,(H,15,16). The Morgan fingerprint density at radius 3 is 2.25 bits per heavy atom. The third kappa shape index (κ3) is 2.11. The van der Waals surface area contributed by atoms with Gasteiger partial charge in [-0.3, -0.25) is 4.79 Å². The van der Waals surface area contributed by atoms with Gasteiger partial charge in [-0.05, 0) is 35.3 Å². The second-order valence-electron chi connectivity index (χ2n) is 5.43. The fourth-order valence-electron chi connectivity index (χ4n) is 2.65. The van der Waals surface area contributed by atoms with Crippen molar-refractivity contribution >= 4 is 5.97 Å². The van der Waals surface area contributed by atoms with Crippen LogP contribution in [0.15, 0.2) is 24.3 Å². The minimum atomic E-state index is -0.694. The molecule has 0 saturated heterocycles. The molecule has 0 unspecified atom stereocenters. The van der Waals surface area contributed by atoms with Gasteiger partial charge in [-0.25, -0.2) is 0 Å². The van der Waals surface area contributed by atoms with Gasteiger partial charge in [-0.15, -0.1) is 0 Å². The minimum absolute atomic E-state index is 0.120. The Morgan fingerprint density at radius 2 is 1.81 bits per heavy atom. The third-order valence-electron chi connectivity index (χ3n) is 3.76. The SMILES string of the molecule is CC(C)(CC(=O)O)C1Cc2ccccc2C1. The van der Waals surface area contributed by atoms with E-state index in [4.69, 9.17) is 5.11 Å². The number of carboxylic acids is 1. The van der Waals surface area contributed by atoms with Crippen LogP contribution in [0.2, 0.25) is 0 Å². The molecular formula is C14H18O2. The van der Waals surface area contributed by atoms with E-state index in [-0.39, 0.29) is 11.8 Å². The molecule has 0 amide bonds. The van der Waals surface area contributed by atoms with Gasteiger partial charge in [0.15, 0.2) is 0 Å². The van der Waals surface area contributed by atoms with E-state index in [1.807, 2.05) is 0 Å². The van der Waals surface area contributed by atoms with Gasteiger partial charge in [-0.2, -0.15) is 0 Å². The molecule has 0 bridgehead atoms. The molecule has 2 heteroatoms. The number of rotatable bonds is 3. The lowest BCUT2D eigenvalue weighted by Gasteiger charge is -2.29. The Hall–Kier alpha value is -1.31. The van der Waals surface area contributed by atoms with Crippen LogP contribution in [-0.2, 0) is 17.6 Å². The molecule has 1 N–H and O–H groups in total. The maximum absolute atomic E-state index is 10.8. The summed E-state index contributed by atoms with van der Waals surface area (Å²) in [6.07, 6.45) is 2.30. The van der Waals surface area contributed by atoms with Crippen molar-refractivity contribution in [1.29, 1.82) is 0 Å². The molecule has 1 aromatic rings. The summed E-state index contributed by atoms with van der Waals surface area (Å²) in [5.41, 5.74) is 2.67. The van der Waals surface area contributed by atoms with E-state index in [0.29, 0.717) is 5.92 Å². The van der Waals surface area contributed by atoms with Crippen molar-refractivity contribution in [2.45, 2.75) is 33.1 Å². The second kappa shape index (κ2) is 3.93. The molecule has 2 rings (SSSR count). The fourth-order valence-corrected chi connectivity index (χ4v) is 2.65. The van der Waals surface area contributed by atoms with Crippen molar-refractivity contribution in [3.8, 4) is 0 Å². The van der Waals surface area contributed by atoms with E-state index in [0.717, 1.165) is 12.8 Å². The molecule has 0 saturated carbocycles. The van der Waals surface area contributed by atoms with Crippen LogP contribution >= 0.6 is 0 Å². The van der Waals surface area contributed by atoms with Crippen LogP contribution in [0.25, 0.3) is 0 Å². The Morgan fingerprint density at radius 1 is 1.31 bits per heavy atom. The summed E-state index contributed by atoms with van der Waals surface area (Å²) in [5, 5.41) is 8.93. The zero-order valence-corrected chi connectivity index (χ0v) is 9.86. The normalized spacial score (nSPS) is 16.1. The Labute approximate surface area is 96.3 Å². The van der Waals surface area contributed by atoms with E-state index >= 15 is 0 Å². The minimum Gasteiger partial charge on any atom is -0.481 e. The Bertz CT molecular complexity index is 382. The molecule has 1 aromatic carbocycles. The predicted molar refractivity (Wildman–Crippen MR) is 63.4 cm³/mol. The third-order valence-corrected chi connectivity index (χ3v) is 3.76. The highest BCUT2D eigenvalue weighted by Crippen LogP contribution is 2.40. The summed E-state index contributed by atoms with van der Waals surface area (Å²) in [7, 11) is 0. The van der Waals surface area contributed by atoms with Crippen LogP contribution in [0.3, 0.4) is 0 Å². The molecule has 0 radical (unpaired) electrons. The first-order valence-electron chi connectivity index (χ1n) is 5.77. The average molecular weight is 218 g/mol. The molecule has 0 spiro atoms. The van der Waals surface area contributed by atoms with E-state index in [2.05, 4.69) is 38.1 Å². The van der Waals surface area contributed by atoms with Crippen molar-refractivity contribution in [2.75, 3.05) is 0 Å². The van der Waals surface area contributed by atoms with Crippen LogP contribution in [0.5, 0.6) is 0 Å². The van der Waals surface area contributed by atoms with Crippen LogP contribution in [0.4, 0.5) is 0 Å². The van der Waals surface area contributed by atoms with E-state index in [1.54, 1.807) is 0 Å². The molecule has 0 atom stereocenters. The highest BCUT2D eigenvalue weighted by molar-refractivity contribution is 5.67. The fraction of sp³-hybridized carbons (Fsp3) is 0.500. The van der Waals surface area contributed by atoms with Crippen molar-refractivity contribution < 1.29 is 9.90 Å². The zero-order valence-electron chi connectivity index (χ0n) is 9.86. The van der Waals surface area contributed by atoms with Gasteiger partial charge in [0, 0.05) is 0 Å². The maximum Gasteiger partial charge on any atom is 0.303 e. The van der Waals surface area contributed by atoms with Crippen molar-refractivity contribution in [3.63, 3.8) is 0 Å². The first-order chi connectivity index (χ1) is 7.49. The summed E-state index contributed by atoms with van der Waals surface area (Å²) in [4.78, 5) is 10.8. The lowest BCUT2D eigenvalue weighted by atomic mass is 9.75. The highest BCUT2D eigenvalue weighted by atomic mass is 16.4. The van der Waals surface area contributed by atoms with Crippen molar-refractivity contribution in [2.24, 2.45) is 11.3 Å². The highest BCUT2D eigenvalue weighted by Gasteiger charge is 2.35. The quantitative estimate of drug-likeness (QED) is 0.847. The molecule has 0 fully saturated rings. The lowest BCUT2D eigenvalue weighted by molar-refractivity contribution is -0.140. The van der Waals surface area contributed by atoms with Gasteiger partial charge in [0.1, 0.15) is 0 Å². The molecule has 1 aliphatic rings. The number of carbonyl (C=O) groups is 1. The molecule has 2 nitrogen and oxygen atoms in total. The first kappa shape index (κ1) is 11.2. The monoisotopic (exact) mass is 218 g/mol. The number of benzene rings is 1. The van der Waals surface area contributed by atoms with Gasteiger partial charge in [0.2, 0.25) is 0 Å². The maximum atomic E-state index is 10.8. The molecule has 0 aromatic heterocycles. The summed E-state index contributed by atoms with van der Waals surface area (Å²) in [6, 6.07) is 8.44. The van der Waals surface area contributed by atoms with Gasteiger partial charge >= 0.3 is 5.97 Å². The van der Waals surface area contributed by atoms with Crippen LogP contribution in [0, 0.1) is 11.3 Å². The van der Waals surface area contributed by atoms with Gasteiger partial charge in [0.25, 0.3) is 0 Å². The average Bonchev–Trinajstić information content (AvgIpc) is 2.59. The van der Waals surface area contributed by atoms with Crippen LogP contribution in [-0.4, -0.2) is 11.1 Å². The summed E-state index contributed by atoms with van der Waals surface area (Å²) in [6.45, 7) is 4.13. The van der Waals surface area contributed by atoms with Gasteiger partial charge in [0.05, 0.1) is 6.42 Å². The number of fused-ring (bicyclic) bond motifs is 1. The number of aliphatic carboxylic acids is 1. The molecule has 86 valence electrons. The van der Waals surface area contributed by atoms with E-state index in [9.17, 15) is 4.79 Å². The predicted octanol–water partition coefficient (Wildman–Crippen LogP) is 2.90. The van der Waals surface area contributed by atoms with Gasteiger partial charge < -0.3 is 5.11 Å². The number of hydrogen-bond acceptors (Lipinski definition) is 1. The van der Waals surface area contributed by atoms with Crippen molar-refractivity contribution in [1.82, 2.24) is 0 Å². The zero-order chi connectivity index (χ0) is 11.8. The van der Waals surface area contributed by atoms with E-state index < -0.39 is 5.97 Å². The molecule has 1 aliphatic carbocycles. The van der Waals surface area contributed by atoms with Crippen LogP contribution in [0.1, 0.15) is 31.4 Å². The smallest absolute Gasteiger partial charge is 0.303 e. The lowest BCUT2D eigenvalue weighted by Crippen LogP contribution is -2.27. The number of hydrogen-bond donors (Lipinski definition) is 1. The van der Waals surface area contributed by atoms with Crippen molar-refractivity contribution in [3.05, 3.63) is 35.4 Å². The number of carboxylic acid groups (broad SMARTS) is 1. The molecule has 16 heavy (non-hydrogen) atoms. The second-order valence-corrected chi connectivity index (χ2v) is 5.43. The Kier molecular flexibility index (Phi) is 2.75. The summed E-state index contributed by atoms with van der Waals surface area (Å²) in [5.74, 6) is -0.234. The first-order valence-corrected chi connectivity index (χ1v) is 5.77.